The number of aromatic nitrogens is 1. The normalized spacial score (nSPS) is 11.5. The van der Waals surface area contributed by atoms with Crippen LogP contribution in [0.3, 0.4) is 0 Å². The van der Waals surface area contributed by atoms with E-state index in [1.807, 2.05) is 54.7 Å². The molecule has 4 rings (SSSR count). The molecule has 0 radical (unpaired) electrons. The first-order chi connectivity index (χ1) is 18.3. The lowest BCUT2D eigenvalue weighted by atomic mass is 10.0. The molecule has 198 valence electrons. The lowest BCUT2D eigenvalue weighted by molar-refractivity contribution is -0.137. The molecule has 0 saturated heterocycles. The third-order valence-corrected chi connectivity index (χ3v) is 6.43. The van der Waals surface area contributed by atoms with Crippen molar-refractivity contribution >= 4 is 28.4 Å². The Kier molecular flexibility index (Phi) is 8.48. The number of nitrogens with one attached hydrogen (secondary N) is 2. The minimum absolute atomic E-state index is 0.166. The number of anilines is 1. The van der Waals surface area contributed by atoms with Gasteiger partial charge in [-0.1, -0.05) is 37.1 Å². The molecule has 4 aromatic rings. The van der Waals surface area contributed by atoms with Gasteiger partial charge >= 0.3 is 6.18 Å². The number of H-pyrrole nitrogens is 1. The average Bonchev–Trinajstić information content (AvgIpc) is 3.40. The molecule has 0 unspecified atom stereocenters. The summed E-state index contributed by atoms with van der Waals surface area (Å²) >= 11 is 0. The SMILES string of the molecule is O=C(CCCCCCN(C(=O)c1ccc(C(F)(F)F)cc1)c1ccc(-c2ccc3cc[nH]c3c2)cc1)NO. The molecule has 2 amide bonds. The molecular weight excluding hydrogens is 495 g/mol. The summed E-state index contributed by atoms with van der Waals surface area (Å²) in [5.74, 6) is -0.835. The minimum atomic E-state index is -4.48. The molecule has 0 aliphatic carbocycles. The monoisotopic (exact) mass is 523 g/mol. The highest BCUT2D eigenvalue weighted by atomic mass is 19.4. The quantitative estimate of drug-likeness (QED) is 0.119. The van der Waals surface area contributed by atoms with Gasteiger partial charge in [0.25, 0.3) is 5.91 Å². The van der Waals surface area contributed by atoms with E-state index >= 15 is 0 Å². The van der Waals surface area contributed by atoms with E-state index in [4.69, 9.17) is 5.21 Å². The molecule has 1 heterocycles. The highest BCUT2D eigenvalue weighted by Crippen LogP contribution is 2.30. The number of carbonyl (C=O) groups is 2. The molecule has 0 aliphatic heterocycles. The third-order valence-electron chi connectivity index (χ3n) is 6.43. The van der Waals surface area contributed by atoms with Gasteiger partial charge in [-0.05, 0) is 77.9 Å². The first-order valence-electron chi connectivity index (χ1n) is 12.4. The zero-order chi connectivity index (χ0) is 27.1. The van der Waals surface area contributed by atoms with Gasteiger partial charge in [0.2, 0.25) is 5.91 Å². The van der Waals surface area contributed by atoms with Crippen molar-refractivity contribution in [3.05, 3.63) is 90.1 Å². The molecule has 1 aromatic heterocycles. The van der Waals surface area contributed by atoms with Crippen molar-refractivity contribution in [2.75, 3.05) is 11.4 Å². The molecule has 0 bridgehead atoms. The topological polar surface area (TPSA) is 85.4 Å². The summed E-state index contributed by atoms with van der Waals surface area (Å²) in [6.45, 7) is 0.361. The van der Waals surface area contributed by atoms with Gasteiger partial charge in [-0.3, -0.25) is 14.8 Å². The standard InChI is InChI=1S/C29H28F3N3O3/c30-29(31,32)24-12-8-22(9-13-24)28(37)35(18-4-2-1-3-5-27(36)34-38)25-14-10-20(11-15-25)23-7-6-21-16-17-33-26(21)19-23/h6-17,19,33,38H,1-5,18H2,(H,34,36). The lowest BCUT2D eigenvalue weighted by Gasteiger charge is -2.24. The van der Waals surface area contributed by atoms with Crippen LogP contribution >= 0.6 is 0 Å². The molecule has 3 aromatic carbocycles. The Morgan fingerprint density at radius 2 is 1.53 bits per heavy atom. The van der Waals surface area contributed by atoms with E-state index in [0.717, 1.165) is 47.0 Å². The van der Waals surface area contributed by atoms with E-state index in [1.54, 1.807) is 10.4 Å². The predicted octanol–water partition coefficient (Wildman–Crippen LogP) is 6.96. The molecule has 0 fully saturated rings. The van der Waals surface area contributed by atoms with Crippen LogP contribution < -0.4 is 10.4 Å². The van der Waals surface area contributed by atoms with Gasteiger partial charge in [0.15, 0.2) is 0 Å². The first-order valence-corrected chi connectivity index (χ1v) is 12.4. The van der Waals surface area contributed by atoms with E-state index in [9.17, 15) is 22.8 Å². The van der Waals surface area contributed by atoms with E-state index in [-0.39, 0.29) is 17.9 Å². The van der Waals surface area contributed by atoms with Crippen LogP contribution in [0.1, 0.15) is 48.0 Å². The van der Waals surface area contributed by atoms with Crippen molar-refractivity contribution in [3.63, 3.8) is 0 Å². The van der Waals surface area contributed by atoms with Gasteiger partial charge < -0.3 is 9.88 Å². The molecule has 0 saturated carbocycles. The summed E-state index contributed by atoms with van der Waals surface area (Å²) in [4.78, 5) is 29.3. The van der Waals surface area contributed by atoms with Crippen LogP contribution in [-0.4, -0.2) is 28.6 Å². The van der Waals surface area contributed by atoms with Crippen molar-refractivity contribution in [3.8, 4) is 11.1 Å². The van der Waals surface area contributed by atoms with Crippen LogP contribution in [0, 0.1) is 0 Å². The van der Waals surface area contributed by atoms with Crippen LogP contribution in [0.25, 0.3) is 22.0 Å². The number of benzene rings is 3. The summed E-state index contributed by atoms with van der Waals surface area (Å²) in [6, 6.07) is 19.8. The number of rotatable bonds is 10. The van der Waals surface area contributed by atoms with Crippen molar-refractivity contribution in [1.82, 2.24) is 10.5 Å². The highest BCUT2D eigenvalue weighted by Gasteiger charge is 2.30. The van der Waals surface area contributed by atoms with Crippen LogP contribution in [-0.2, 0) is 11.0 Å². The van der Waals surface area contributed by atoms with Crippen molar-refractivity contribution in [2.45, 2.75) is 38.3 Å². The summed E-state index contributed by atoms with van der Waals surface area (Å²) in [5, 5.41) is 9.70. The maximum absolute atomic E-state index is 13.4. The number of hydrogen-bond donors (Lipinski definition) is 3. The van der Waals surface area contributed by atoms with E-state index in [0.29, 0.717) is 25.1 Å². The van der Waals surface area contributed by atoms with Gasteiger partial charge in [-0.2, -0.15) is 13.2 Å². The number of unbranched alkanes of at least 4 members (excludes halogenated alkanes) is 3. The van der Waals surface area contributed by atoms with Crippen LogP contribution in [0.5, 0.6) is 0 Å². The number of halogens is 3. The summed E-state index contributed by atoms with van der Waals surface area (Å²) in [6.07, 6.45) is 0.314. The number of amides is 2. The van der Waals surface area contributed by atoms with E-state index in [2.05, 4.69) is 4.98 Å². The number of aromatic amines is 1. The molecule has 38 heavy (non-hydrogen) atoms. The molecular formula is C29H28F3N3O3. The van der Waals surface area contributed by atoms with Crippen LogP contribution in [0.2, 0.25) is 0 Å². The summed E-state index contributed by atoms with van der Waals surface area (Å²) < 4.78 is 39.0. The van der Waals surface area contributed by atoms with Crippen molar-refractivity contribution < 1.29 is 28.0 Å². The molecule has 0 atom stereocenters. The van der Waals surface area contributed by atoms with Gasteiger partial charge in [-0.15, -0.1) is 0 Å². The third kappa shape index (κ3) is 6.60. The zero-order valence-corrected chi connectivity index (χ0v) is 20.6. The number of hydrogen-bond acceptors (Lipinski definition) is 3. The Morgan fingerprint density at radius 1 is 0.842 bits per heavy atom. The number of fused-ring (bicyclic) bond motifs is 1. The minimum Gasteiger partial charge on any atom is -0.361 e. The Hall–Kier alpha value is -4.11. The van der Waals surface area contributed by atoms with Crippen molar-refractivity contribution in [2.24, 2.45) is 0 Å². The fraction of sp³-hybridized carbons (Fsp3) is 0.241. The summed E-state index contributed by atoms with van der Waals surface area (Å²) in [7, 11) is 0. The Morgan fingerprint density at radius 3 is 2.21 bits per heavy atom. The number of carbonyl (C=O) groups excluding carboxylic acids is 2. The number of hydroxylamine groups is 1. The average molecular weight is 524 g/mol. The number of alkyl halides is 3. The highest BCUT2D eigenvalue weighted by molar-refractivity contribution is 6.06. The van der Waals surface area contributed by atoms with Gasteiger partial charge in [0.1, 0.15) is 0 Å². The fourth-order valence-corrected chi connectivity index (χ4v) is 4.33. The summed E-state index contributed by atoms with van der Waals surface area (Å²) in [5.41, 5.74) is 4.59. The maximum atomic E-state index is 13.4. The molecule has 6 nitrogen and oxygen atoms in total. The van der Waals surface area contributed by atoms with Gasteiger partial charge in [0, 0.05) is 35.9 Å². The van der Waals surface area contributed by atoms with Gasteiger partial charge in [-0.25, -0.2) is 5.48 Å². The smallest absolute Gasteiger partial charge is 0.361 e. The van der Waals surface area contributed by atoms with Crippen molar-refractivity contribution in [1.29, 1.82) is 0 Å². The predicted molar refractivity (Wildman–Crippen MR) is 140 cm³/mol. The largest absolute Gasteiger partial charge is 0.416 e. The Bertz CT molecular complexity index is 1380. The molecule has 9 heteroatoms. The Labute approximate surface area is 218 Å². The second-order valence-corrected chi connectivity index (χ2v) is 9.06. The van der Waals surface area contributed by atoms with Crippen LogP contribution in [0.15, 0.2) is 79.0 Å². The van der Waals surface area contributed by atoms with E-state index < -0.39 is 17.6 Å². The number of nitrogens with zero attached hydrogens (tertiary/aromatic N) is 1. The zero-order valence-electron chi connectivity index (χ0n) is 20.6. The van der Waals surface area contributed by atoms with Crippen LogP contribution in [0.4, 0.5) is 18.9 Å². The molecule has 0 aliphatic rings. The second kappa shape index (κ2) is 12.0. The Balaban J connectivity index is 1.51. The second-order valence-electron chi connectivity index (χ2n) is 9.06. The van der Waals surface area contributed by atoms with E-state index in [1.165, 1.54) is 12.1 Å². The fourth-order valence-electron chi connectivity index (χ4n) is 4.33. The molecule has 3 N–H and O–H groups in total. The van der Waals surface area contributed by atoms with Gasteiger partial charge in [0.05, 0.1) is 5.56 Å². The first kappa shape index (κ1) is 26.9. The maximum Gasteiger partial charge on any atom is 0.416 e. The lowest BCUT2D eigenvalue weighted by Crippen LogP contribution is -2.32. The molecule has 0 spiro atoms.